The van der Waals surface area contributed by atoms with Crippen molar-refractivity contribution in [1.82, 2.24) is 4.98 Å². The predicted octanol–water partition coefficient (Wildman–Crippen LogP) is 4.33. The average molecular weight is 370 g/mol. The van der Waals surface area contributed by atoms with Gasteiger partial charge in [-0.25, -0.2) is 4.79 Å². The number of halogens is 1. The van der Waals surface area contributed by atoms with Gasteiger partial charge in [-0.3, -0.25) is 9.78 Å². The minimum atomic E-state index is -0.542. The fourth-order valence-electron chi connectivity index (χ4n) is 2.48. The second-order valence-electron chi connectivity index (χ2n) is 5.46. The summed E-state index contributed by atoms with van der Waals surface area (Å²) in [7, 11) is 0. The van der Waals surface area contributed by atoms with E-state index in [-0.39, 0.29) is 30.3 Å². The van der Waals surface area contributed by atoms with E-state index < -0.39 is 5.97 Å². The molecular formula is C20H16ClNO4. The molecule has 0 aliphatic heterocycles. The SMILES string of the molecule is CCOC(=O)c1cnc2ccccc2c1OCC(=O)c1ccc(Cl)cc1. The molecule has 1 heterocycles. The summed E-state index contributed by atoms with van der Waals surface area (Å²) in [5, 5.41) is 1.19. The maximum atomic E-state index is 12.4. The third kappa shape index (κ3) is 3.83. The number of hydrogen-bond acceptors (Lipinski definition) is 5. The van der Waals surface area contributed by atoms with Crippen LogP contribution in [-0.2, 0) is 4.74 Å². The van der Waals surface area contributed by atoms with Crippen molar-refractivity contribution in [2.45, 2.75) is 6.92 Å². The first-order valence-corrected chi connectivity index (χ1v) is 8.44. The molecule has 1 aromatic heterocycles. The number of carbonyl (C=O) groups excluding carboxylic acids is 2. The van der Waals surface area contributed by atoms with Crippen LogP contribution >= 0.6 is 11.6 Å². The number of para-hydroxylation sites is 1. The highest BCUT2D eigenvalue weighted by Crippen LogP contribution is 2.29. The lowest BCUT2D eigenvalue weighted by molar-refractivity contribution is 0.0520. The van der Waals surface area contributed by atoms with Crippen LogP contribution in [0.4, 0.5) is 0 Å². The van der Waals surface area contributed by atoms with Gasteiger partial charge in [0.05, 0.1) is 12.1 Å². The monoisotopic (exact) mass is 369 g/mol. The van der Waals surface area contributed by atoms with Gasteiger partial charge in [0.1, 0.15) is 11.3 Å². The Hall–Kier alpha value is -2.92. The maximum Gasteiger partial charge on any atom is 0.343 e. The van der Waals surface area contributed by atoms with Gasteiger partial charge in [-0.15, -0.1) is 0 Å². The van der Waals surface area contributed by atoms with Crippen molar-refractivity contribution >= 4 is 34.3 Å². The van der Waals surface area contributed by atoms with Crippen LogP contribution in [0, 0.1) is 0 Å². The van der Waals surface area contributed by atoms with Crippen molar-refractivity contribution in [3.05, 3.63) is 70.9 Å². The van der Waals surface area contributed by atoms with Gasteiger partial charge in [0, 0.05) is 22.2 Å². The van der Waals surface area contributed by atoms with Crippen LogP contribution in [0.5, 0.6) is 5.75 Å². The van der Waals surface area contributed by atoms with E-state index in [9.17, 15) is 9.59 Å². The second kappa shape index (κ2) is 7.97. The molecule has 0 fully saturated rings. The Morgan fingerprint density at radius 3 is 2.54 bits per heavy atom. The Kier molecular flexibility index (Phi) is 5.49. The molecule has 0 atom stereocenters. The van der Waals surface area contributed by atoms with Crippen molar-refractivity contribution in [3.63, 3.8) is 0 Å². The fourth-order valence-corrected chi connectivity index (χ4v) is 2.61. The summed E-state index contributed by atoms with van der Waals surface area (Å²) in [6.07, 6.45) is 1.41. The number of carbonyl (C=O) groups is 2. The van der Waals surface area contributed by atoms with Crippen LogP contribution < -0.4 is 4.74 Å². The maximum absolute atomic E-state index is 12.4. The Bertz CT molecular complexity index is 954. The second-order valence-corrected chi connectivity index (χ2v) is 5.89. The van der Waals surface area contributed by atoms with E-state index in [1.807, 2.05) is 12.1 Å². The number of nitrogens with zero attached hydrogens (tertiary/aromatic N) is 1. The molecule has 3 aromatic rings. The zero-order valence-corrected chi connectivity index (χ0v) is 14.8. The molecule has 0 unspecified atom stereocenters. The number of fused-ring (bicyclic) bond motifs is 1. The normalized spacial score (nSPS) is 10.5. The summed E-state index contributed by atoms with van der Waals surface area (Å²) in [4.78, 5) is 28.9. The van der Waals surface area contributed by atoms with Crippen LogP contribution in [0.2, 0.25) is 5.02 Å². The molecule has 6 heteroatoms. The van der Waals surface area contributed by atoms with E-state index >= 15 is 0 Å². The molecule has 0 amide bonds. The van der Waals surface area contributed by atoms with Crippen LogP contribution in [0.25, 0.3) is 10.9 Å². The quantitative estimate of drug-likeness (QED) is 0.478. The predicted molar refractivity (Wildman–Crippen MR) is 99.0 cm³/mol. The van der Waals surface area contributed by atoms with E-state index in [1.165, 1.54) is 6.20 Å². The average Bonchev–Trinajstić information content (AvgIpc) is 2.66. The van der Waals surface area contributed by atoms with Gasteiger partial charge in [0.15, 0.2) is 12.4 Å². The van der Waals surface area contributed by atoms with Crippen molar-refractivity contribution in [1.29, 1.82) is 0 Å². The lowest BCUT2D eigenvalue weighted by Crippen LogP contribution is -2.15. The standard InChI is InChI=1S/C20H16ClNO4/c1-2-25-20(24)16-11-22-17-6-4-3-5-15(17)19(16)26-12-18(23)13-7-9-14(21)10-8-13/h3-11H,2,12H2,1H3. The smallest absolute Gasteiger partial charge is 0.343 e. The van der Waals surface area contributed by atoms with Gasteiger partial charge in [-0.1, -0.05) is 23.7 Å². The number of aromatic nitrogens is 1. The Morgan fingerprint density at radius 1 is 1.08 bits per heavy atom. The summed E-state index contributed by atoms with van der Waals surface area (Å²) in [5.41, 5.74) is 1.33. The minimum Gasteiger partial charge on any atom is -0.484 e. The van der Waals surface area contributed by atoms with Gasteiger partial charge in [0.25, 0.3) is 0 Å². The summed E-state index contributed by atoms with van der Waals surface area (Å²) < 4.78 is 10.8. The number of hydrogen-bond donors (Lipinski definition) is 0. The third-order valence-electron chi connectivity index (χ3n) is 3.74. The summed E-state index contributed by atoms with van der Waals surface area (Å²) in [5.74, 6) is -0.478. The molecule has 0 saturated carbocycles. The van der Waals surface area contributed by atoms with E-state index in [4.69, 9.17) is 21.1 Å². The minimum absolute atomic E-state index is 0.189. The molecule has 5 nitrogen and oxygen atoms in total. The molecule has 2 aromatic carbocycles. The molecule has 132 valence electrons. The lowest BCUT2D eigenvalue weighted by Gasteiger charge is -2.13. The first-order chi connectivity index (χ1) is 12.6. The van der Waals surface area contributed by atoms with Gasteiger partial charge >= 0.3 is 5.97 Å². The van der Waals surface area contributed by atoms with Gasteiger partial charge in [-0.05, 0) is 43.3 Å². The van der Waals surface area contributed by atoms with Crippen LogP contribution in [0.15, 0.2) is 54.7 Å². The number of ketones is 1. The van der Waals surface area contributed by atoms with Gasteiger partial charge in [-0.2, -0.15) is 0 Å². The van der Waals surface area contributed by atoms with Crippen LogP contribution in [0.1, 0.15) is 27.6 Å². The molecule has 0 aliphatic carbocycles. The van der Waals surface area contributed by atoms with E-state index in [0.717, 1.165) is 0 Å². The highest BCUT2D eigenvalue weighted by Gasteiger charge is 2.19. The molecule has 0 radical (unpaired) electrons. The fraction of sp³-hybridized carbons (Fsp3) is 0.150. The summed E-state index contributed by atoms with van der Waals surface area (Å²) >= 11 is 5.84. The number of esters is 1. The van der Waals surface area contributed by atoms with Gasteiger partial charge < -0.3 is 9.47 Å². The van der Waals surface area contributed by atoms with Crippen LogP contribution in [-0.4, -0.2) is 30.0 Å². The molecule has 0 aliphatic rings. The molecule has 0 saturated heterocycles. The van der Waals surface area contributed by atoms with E-state index in [2.05, 4.69) is 4.98 Å². The zero-order chi connectivity index (χ0) is 18.5. The van der Waals surface area contributed by atoms with Crippen molar-refractivity contribution in [2.75, 3.05) is 13.2 Å². The molecule has 3 rings (SSSR count). The van der Waals surface area contributed by atoms with E-state index in [0.29, 0.717) is 21.5 Å². The summed E-state index contributed by atoms with van der Waals surface area (Å²) in [6, 6.07) is 13.8. The highest BCUT2D eigenvalue weighted by molar-refractivity contribution is 6.30. The Morgan fingerprint density at radius 2 is 1.81 bits per heavy atom. The molecular weight excluding hydrogens is 354 g/mol. The Labute approximate surface area is 155 Å². The zero-order valence-electron chi connectivity index (χ0n) is 14.1. The number of ether oxygens (including phenoxy) is 2. The molecule has 0 bridgehead atoms. The number of pyridine rings is 1. The van der Waals surface area contributed by atoms with E-state index in [1.54, 1.807) is 43.3 Å². The first-order valence-electron chi connectivity index (χ1n) is 8.06. The number of Topliss-reactive ketones (excluding diaryl/α,β-unsaturated/α-hetero) is 1. The third-order valence-corrected chi connectivity index (χ3v) is 3.99. The van der Waals surface area contributed by atoms with Crippen LogP contribution in [0.3, 0.4) is 0 Å². The van der Waals surface area contributed by atoms with Crippen molar-refractivity contribution in [2.24, 2.45) is 0 Å². The highest BCUT2D eigenvalue weighted by atomic mass is 35.5. The largest absolute Gasteiger partial charge is 0.484 e. The van der Waals surface area contributed by atoms with Gasteiger partial charge in [0.2, 0.25) is 0 Å². The first kappa shape index (κ1) is 17.9. The van der Waals surface area contributed by atoms with Crippen molar-refractivity contribution in [3.8, 4) is 5.75 Å². The lowest BCUT2D eigenvalue weighted by atomic mass is 10.1. The Balaban J connectivity index is 1.91. The molecule has 26 heavy (non-hydrogen) atoms. The van der Waals surface area contributed by atoms with Crippen molar-refractivity contribution < 1.29 is 19.1 Å². The topological polar surface area (TPSA) is 65.5 Å². The molecule has 0 spiro atoms. The number of rotatable bonds is 6. The number of benzene rings is 2. The molecule has 0 N–H and O–H groups in total. The summed E-state index contributed by atoms with van der Waals surface area (Å²) in [6.45, 7) is 1.73.